The number of aromatic nitrogens is 2. The van der Waals surface area contributed by atoms with E-state index in [0.717, 1.165) is 79.1 Å². The number of benzene rings is 3. The molecule has 2 heterocycles. The minimum absolute atomic E-state index is 0.184. The number of rotatable bonds is 6. The van der Waals surface area contributed by atoms with E-state index in [9.17, 15) is 0 Å². The number of fused-ring (bicyclic) bond motifs is 1. The molecule has 220 valence electrons. The van der Waals surface area contributed by atoms with E-state index in [1.165, 1.54) is 28.8 Å². The van der Waals surface area contributed by atoms with Crippen LogP contribution in [0.15, 0.2) is 78.9 Å². The molecule has 6 heteroatoms. The fraction of sp³-hybridized carbons (Fsp3) is 0.324. The Labute approximate surface area is 253 Å². The van der Waals surface area contributed by atoms with Crippen LogP contribution in [0.25, 0.3) is 34.8 Å². The molecule has 2 aliphatic carbocycles. The Balaban J connectivity index is 1.33. The number of nitrogens with two attached hydrogens (primary N) is 1. The molecule has 1 saturated carbocycles. The highest BCUT2D eigenvalue weighted by atomic mass is 16.5. The molecule has 3 aliphatic rings. The molecule has 1 aromatic heterocycles. The third kappa shape index (κ3) is 5.30. The molecule has 43 heavy (non-hydrogen) atoms. The van der Waals surface area contributed by atoms with Gasteiger partial charge in [0, 0.05) is 35.6 Å². The summed E-state index contributed by atoms with van der Waals surface area (Å²) in [6.07, 6.45) is 11.0. The minimum atomic E-state index is -0.184. The van der Waals surface area contributed by atoms with E-state index in [2.05, 4.69) is 95.3 Å². The minimum Gasteiger partial charge on any atom is -0.497 e. The molecule has 6 nitrogen and oxygen atoms in total. The second-order valence-electron chi connectivity index (χ2n) is 12.1. The van der Waals surface area contributed by atoms with E-state index in [4.69, 9.17) is 20.2 Å². The standard InChI is InChI=1S/C37H40N4O2/c1-26-7-18-35-34(17-16-33(26)28-5-3-6-31(25-28)40-21-23-43-24-22-40)39-36(27-8-14-32(42-2)15-9-27)41(35)30-12-10-29(11-13-30)37(38)19-4-20-37/h3,5-6,8-18,25-26H,4,7,19-24,38H2,1-2H3. The number of methoxy groups -OCH3 is 1. The highest BCUT2D eigenvalue weighted by molar-refractivity contribution is 5.76. The SMILES string of the molecule is COc1ccc(-c2nc3c(n2-c2ccc(C4(N)CCC4)cc2)=CCC(C)C(c2cccc(N4CCOCC4)c2)=CC=3)cc1. The highest BCUT2D eigenvalue weighted by Gasteiger charge is 2.34. The van der Waals surface area contributed by atoms with Gasteiger partial charge in [0.1, 0.15) is 11.6 Å². The normalized spacial score (nSPS) is 19.6. The fourth-order valence-electron chi connectivity index (χ4n) is 6.59. The Bertz CT molecular complexity index is 1760. The van der Waals surface area contributed by atoms with E-state index in [0.29, 0.717) is 5.92 Å². The van der Waals surface area contributed by atoms with Crippen LogP contribution in [-0.2, 0) is 10.3 Å². The van der Waals surface area contributed by atoms with Gasteiger partial charge in [0.25, 0.3) is 0 Å². The number of hydrogen-bond acceptors (Lipinski definition) is 5. The van der Waals surface area contributed by atoms with Crippen molar-refractivity contribution in [3.05, 3.63) is 101 Å². The lowest BCUT2D eigenvalue weighted by Crippen LogP contribution is -2.43. The summed E-state index contributed by atoms with van der Waals surface area (Å²) in [4.78, 5) is 7.66. The number of hydrogen-bond donors (Lipinski definition) is 1. The van der Waals surface area contributed by atoms with Gasteiger partial charge in [-0.2, -0.15) is 0 Å². The van der Waals surface area contributed by atoms with Crippen molar-refractivity contribution in [1.29, 1.82) is 0 Å². The van der Waals surface area contributed by atoms with Gasteiger partial charge in [-0.3, -0.25) is 4.57 Å². The fourth-order valence-corrected chi connectivity index (χ4v) is 6.59. The summed E-state index contributed by atoms with van der Waals surface area (Å²) in [5.74, 6) is 2.09. The van der Waals surface area contributed by atoms with Gasteiger partial charge in [-0.1, -0.05) is 43.3 Å². The Morgan fingerprint density at radius 2 is 1.67 bits per heavy atom. The molecule has 1 aliphatic heterocycles. The van der Waals surface area contributed by atoms with Crippen LogP contribution in [0.4, 0.5) is 5.69 Å². The average Bonchev–Trinajstić information content (AvgIpc) is 3.40. The predicted molar refractivity (Wildman–Crippen MR) is 175 cm³/mol. The van der Waals surface area contributed by atoms with E-state index < -0.39 is 0 Å². The second-order valence-corrected chi connectivity index (χ2v) is 12.1. The van der Waals surface area contributed by atoms with Gasteiger partial charge >= 0.3 is 0 Å². The van der Waals surface area contributed by atoms with Gasteiger partial charge in [0.2, 0.25) is 0 Å². The molecular weight excluding hydrogens is 532 g/mol. The van der Waals surface area contributed by atoms with Crippen LogP contribution in [-0.4, -0.2) is 43.0 Å². The lowest BCUT2D eigenvalue weighted by atomic mass is 9.73. The van der Waals surface area contributed by atoms with Crippen molar-refractivity contribution >= 4 is 23.4 Å². The van der Waals surface area contributed by atoms with Gasteiger partial charge in [0.15, 0.2) is 0 Å². The van der Waals surface area contributed by atoms with Crippen LogP contribution in [0.3, 0.4) is 0 Å². The molecule has 2 fully saturated rings. The summed E-state index contributed by atoms with van der Waals surface area (Å²) in [6, 6.07) is 25.9. The summed E-state index contributed by atoms with van der Waals surface area (Å²) in [5.41, 5.74) is 13.7. The number of nitrogens with zero attached hydrogens (tertiary/aromatic N) is 3. The maximum absolute atomic E-state index is 6.66. The summed E-state index contributed by atoms with van der Waals surface area (Å²) < 4.78 is 13.3. The number of allylic oxidation sites excluding steroid dienone is 2. The second kappa shape index (κ2) is 11.5. The zero-order valence-corrected chi connectivity index (χ0v) is 25.1. The lowest BCUT2D eigenvalue weighted by molar-refractivity contribution is 0.122. The average molecular weight is 573 g/mol. The van der Waals surface area contributed by atoms with Crippen LogP contribution in [0.5, 0.6) is 5.75 Å². The molecule has 0 spiro atoms. The summed E-state index contributed by atoms with van der Waals surface area (Å²) in [6.45, 7) is 5.75. The van der Waals surface area contributed by atoms with Crippen LogP contribution >= 0.6 is 0 Å². The number of imidazole rings is 1. The maximum Gasteiger partial charge on any atom is 0.145 e. The van der Waals surface area contributed by atoms with Crippen LogP contribution in [0.2, 0.25) is 0 Å². The van der Waals surface area contributed by atoms with Gasteiger partial charge in [-0.25, -0.2) is 4.98 Å². The van der Waals surface area contributed by atoms with Gasteiger partial charge in [-0.15, -0.1) is 0 Å². The van der Waals surface area contributed by atoms with E-state index in [1.807, 2.05) is 12.1 Å². The molecule has 7 rings (SSSR count). The lowest BCUT2D eigenvalue weighted by Gasteiger charge is -2.38. The van der Waals surface area contributed by atoms with Crippen LogP contribution in [0, 0.1) is 5.92 Å². The van der Waals surface area contributed by atoms with Crippen molar-refractivity contribution < 1.29 is 9.47 Å². The molecule has 1 unspecified atom stereocenters. The van der Waals surface area contributed by atoms with Crippen LogP contribution < -0.4 is 26.1 Å². The molecule has 2 N–H and O–H groups in total. The van der Waals surface area contributed by atoms with Crippen molar-refractivity contribution in [3.8, 4) is 22.8 Å². The Kier molecular flexibility index (Phi) is 7.41. The Morgan fingerprint density at radius 3 is 2.37 bits per heavy atom. The molecule has 4 aromatic rings. The van der Waals surface area contributed by atoms with Crippen molar-refractivity contribution in [1.82, 2.24) is 9.55 Å². The predicted octanol–water partition coefficient (Wildman–Crippen LogP) is 5.41. The number of morpholine rings is 1. The summed E-state index contributed by atoms with van der Waals surface area (Å²) >= 11 is 0. The Morgan fingerprint density at radius 1 is 0.907 bits per heavy atom. The maximum atomic E-state index is 6.66. The molecular formula is C37H40N4O2. The van der Waals surface area contributed by atoms with E-state index in [-0.39, 0.29) is 5.54 Å². The van der Waals surface area contributed by atoms with Gasteiger partial charge < -0.3 is 20.1 Å². The first kappa shape index (κ1) is 27.7. The zero-order chi connectivity index (χ0) is 29.4. The van der Waals surface area contributed by atoms with E-state index in [1.54, 1.807) is 7.11 Å². The molecule has 0 amide bonds. The van der Waals surface area contributed by atoms with Crippen LogP contribution in [0.1, 0.15) is 43.7 Å². The largest absolute Gasteiger partial charge is 0.497 e. The number of anilines is 1. The highest BCUT2D eigenvalue weighted by Crippen LogP contribution is 2.39. The molecule has 1 atom stereocenters. The van der Waals surface area contributed by atoms with Gasteiger partial charge in [0.05, 0.1) is 31.0 Å². The smallest absolute Gasteiger partial charge is 0.145 e. The number of ether oxygens (including phenoxy) is 2. The van der Waals surface area contributed by atoms with Crippen molar-refractivity contribution in [2.75, 3.05) is 38.3 Å². The third-order valence-corrected chi connectivity index (χ3v) is 9.41. The first-order chi connectivity index (χ1) is 21.0. The van der Waals surface area contributed by atoms with Crippen molar-refractivity contribution in [2.24, 2.45) is 11.7 Å². The Hall–Kier alpha value is -4.13. The zero-order valence-electron chi connectivity index (χ0n) is 25.1. The van der Waals surface area contributed by atoms with Crippen molar-refractivity contribution in [2.45, 2.75) is 38.1 Å². The third-order valence-electron chi connectivity index (χ3n) is 9.41. The topological polar surface area (TPSA) is 65.5 Å². The molecule has 3 aromatic carbocycles. The van der Waals surface area contributed by atoms with Crippen molar-refractivity contribution in [3.63, 3.8) is 0 Å². The monoisotopic (exact) mass is 572 g/mol. The quantitative estimate of drug-likeness (QED) is 0.335. The first-order valence-electron chi connectivity index (χ1n) is 15.5. The summed E-state index contributed by atoms with van der Waals surface area (Å²) in [7, 11) is 1.70. The van der Waals surface area contributed by atoms with Gasteiger partial charge in [-0.05, 0) is 103 Å². The molecule has 0 bridgehead atoms. The molecule has 1 saturated heterocycles. The summed E-state index contributed by atoms with van der Waals surface area (Å²) in [5, 5.41) is 2.09. The molecule has 0 radical (unpaired) electrons. The first-order valence-corrected chi connectivity index (χ1v) is 15.5. The van der Waals surface area contributed by atoms with E-state index >= 15 is 0 Å².